The van der Waals surface area contributed by atoms with Gasteiger partial charge < -0.3 is 15.2 Å². The number of nitrogens with two attached hydrogens (primary N) is 1. The van der Waals surface area contributed by atoms with Gasteiger partial charge in [0.05, 0.1) is 21.1 Å². The summed E-state index contributed by atoms with van der Waals surface area (Å²) in [5.41, 5.74) is 8.70. The van der Waals surface area contributed by atoms with Crippen LogP contribution in [-0.2, 0) is 0 Å². The fourth-order valence-electron chi connectivity index (χ4n) is 2.36. The average molecular weight is 300 g/mol. The van der Waals surface area contributed by atoms with Crippen molar-refractivity contribution >= 4 is 17.2 Å². The van der Waals surface area contributed by atoms with Crippen molar-refractivity contribution in [2.24, 2.45) is 0 Å². The van der Waals surface area contributed by atoms with Gasteiger partial charge in [0.1, 0.15) is 0 Å². The highest BCUT2D eigenvalue weighted by atomic mass is 32.1. The summed E-state index contributed by atoms with van der Waals surface area (Å²) in [6.07, 6.45) is 1.82. The number of aromatic amines is 1. The van der Waals surface area contributed by atoms with E-state index in [1.807, 2.05) is 31.3 Å². The first-order chi connectivity index (χ1) is 10.2. The number of thiazole rings is 1. The zero-order chi connectivity index (χ0) is 14.4. The molecule has 1 aliphatic heterocycles. The lowest BCUT2D eigenvalue weighted by Gasteiger charge is -2.04. The summed E-state index contributed by atoms with van der Waals surface area (Å²) in [6, 6.07) is 5.75. The number of fused-ring (bicyclic) bond motifs is 1. The Morgan fingerprint density at radius 3 is 2.95 bits per heavy atom. The molecule has 3 aromatic rings. The first-order valence-corrected chi connectivity index (χ1v) is 7.20. The highest BCUT2D eigenvalue weighted by molar-refractivity contribution is 7.15. The standard InChI is InChI=1S/C14H12N4O2S/c1-7-16-5-11(21-7)13-12(14(15)18-17-13)8-2-3-9-10(4-8)20-6-19-9/h2-5H,6H2,1H3,(H3,15,17,18). The monoisotopic (exact) mass is 300 g/mol. The van der Waals surface area contributed by atoms with Gasteiger partial charge in [0, 0.05) is 6.20 Å². The van der Waals surface area contributed by atoms with Gasteiger partial charge in [-0.15, -0.1) is 11.3 Å². The Balaban J connectivity index is 1.87. The summed E-state index contributed by atoms with van der Waals surface area (Å²) in [7, 11) is 0. The minimum Gasteiger partial charge on any atom is -0.454 e. The third-order valence-electron chi connectivity index (χ3n) is 3.32. The molecule has 0 spiro atoms. The Kier molecular flexibility index (Phi) is 2.61. The van der Waals surface area contributed by atoms with Crippen molar-refractivity contribution in [3.8, 4) is 33.2 Å². The highest BCUT2D eigenvalue weighted by Crippen LogP contribution is 2.41. The predicted octanol–water partition coefficient (Wildman–Crippen LogP) is 2.82. The molecule has 21 heavy (non-hydrogen) atoms. The number of aromatic nitrogens is 3. The summed E-state index contributed by atoms with van der Waals surface area (Å²) >= 11 is 1.59. The number of H-pyrrole nitrogens is 1. The predicted molar refractivity (Wildman–Crippen MR) is 80.4 cm³/mol. The zero-order valence-electron chi connectivity index (χ0n) is 11.2. The van der Waals surface area contributed by atoms with Crippen LogP contribution in [0.1, 0.15) is 5.01 Å². The van der Waals surface area contributed by atoms with Crippen LogP contribution < -0.4 is 15.2 Å². The number of nitrogen functional groups attached to an aromatic ring is 1. The van der Waals surface area contributed by atoms with Gasteiger partial charge in [0.25, 0.3) is 0 Å². The van der Waals surface area contributed by atoms with E-state index in [1.165, 1.54) is 0 Å². The Bertz CT molecular complexity index is 824. The Morgan fingerprint density at radius 2 is 2.14 bits per heavy atom. The van der Waals surface area contributed by atoms with E-state index in [0.29, 0.717) is 5.82 Å². The van der Waals surface area contributed by atoms with Gasteiger partial charge in [-0.3, -0.25) is 5.10 Å². The maximum atomic E-state index is 6.03. The number of anilines is 1. The fraction of sp³-hybridized carbons (Fsp3) is 0.143. The van der Waals surface area contributed by atoms with Gasteiger partial charge in [0.15, 0.2) is 17.3 Å². The van der Waals surface area contributed by atoms with Crippen LogP contribution in [0.25, 0.3) is 21.7 Å². The molecule has 2 aromatic heterocycles. The molecule has 0 amide bonds. The number of ether oxygens (including phenoxy) is 2. The number of nitrogens with one attached hydrogen (secondary N) is 1. The zero-order valence-corrected chi connectivity index (χ0v) is 12.0. The van der Waals surface area contributed by atoms with Crippen LogP contribution in [0.5, 0.6) is 11.5 Å². The lowest BCUT2D eigenvalue weighted by Crippen LogP contribution is -1.92. The quantitative estimate of drug-likeness (QED) is 0.760. The Labute approximate surface area is 124 Å². The molecule has 4 rings (SSSR count). The molecule has 0 radical (unpaired) electrons. The number of nitrogens with zero attached hydrogens (tertiary/aromatic N) is 2. The van der Waals surface area contributed by atoms with E-state index in [1.54, 1.807) is 11.3 Å². The molecule has 1 aliphatic rings. The normalized spacial score (nSPS) is 12.8. The molecular weight excluding hydrogens is 288 g/mol. The molecule has 0 bridgehead atoms. The van der Waals surface area contributed by atoms with Crippen molar-refractivity contribution in [2.75, 3.05) is 12.5 Å². The topological polar surface area (TPSA) is 86.1 Å². The molecule has 3 N–H and O–H groups in total. The number of hydrogen-bond donors (Lipinski definition) is 2. The molecule has 0 fully saturated rings. The molecule has 0 aliphatic carbocycles. The highest BCUT2D eigenvalue weighted by Gasteiger charge is 2.20. The largest absolute Gasteiger partial charge is 0.454 e. The number of aryl methyl sites for hydroxylation is 1. The van der Waals surface area contributed by atoms with Crippen LogP contribution >= 0.6 is 11.3 Å². The fourth-order valence-corrected chi connectivity index (χ4v) is 3.13. The van der Waals surface area contributed by atoms with E-state index in [4.69, 9.17) is 15.2 Å². The first kappa shape index (κ1) is 12.2. The summed E-state index contributed by atoms with van der Waals surface area (Å²) in [4.78, 5) is 5.28. The van der Waals surface area contributed by atoms with Crippen molar-refractivity contribution in [2.45, 2.75) is 6.92 Å². The molecule has 0 saturated carbocycles. The second-order valence-corrected chi connectivity index (χ2v) is 5.91. The van der Waals surface area contributed by atoms with Crippen molar-refractivity contribution < 1.29 is 9.47 Å². The van der Waals surface area contributed by atoms with E-state index >= 15 is 0 Å². The van der Waals surface area contributed by atoms with E-state index in [9.17, 15) is 0 Å². The lowest BCUT2D eigenvalue weighted by atomic mass is 10.0. The van der Waals surface area contributed by atoms with Crippen LogP contribution in [0.15, 0.2) is 24.4 Å². The smallest absolute Gasteiger partial charge is 0.231 e. The minimum atomic E-state index is 0.251. The van der Waals surface area contributed by atoms with Gasteiger partial charge in [-0.25, -0.2) is 4.98 Å². The second-order valence-electron chi connectivity index (χ2n) is 4.67. The van der Waals surface area contributed by atoms with Crippen molar-refractivity contribution in [1.29, 1.82) is 0 Å². The molecule has 1 aromatic carbocycles. The number of rotatable bonds is 2. The molecular formula is C14H12N4O2S. The SMILES string of the molecule is Cc1ncc(-c2[nH]nc(N)c2-c2ccc3c(c2)OCO3)s1. The van der Waals surface area contributed by atoms with Crippen molar-refractivity contribution in [1.82, 2.24) is 15.2 Å². The summed E-state index contributed by atoms with van der Waals surface area (Å²) in [5, 5.41) is 8.12. The second kappa shape index (κ2) is 4.49. The third kappa shape index (κ3) is 1.93. The Hall–Kier alpha value is -2.54. The lowest BCUT2D eigenvalue weighted by molar-refractivity contribution is 0.174. The van der Waals surface area contributed by atoms with Crippen molar-refractivity contribution in [3.63, 3.8) is 0 Å². The third-order valence-corrected chi connectivity index (χ3v) is 4.25. The van der Waals surface area contributed by atoms with Crippen LogP contribution in [-0.4, -0.2) is 22.0 Å². The van der Waals surface area contributed by atoms with Crippen LogP contribution in [0.3, 0.4) is 0 Å². The van der Waals surface area contributed by atoms with Crippen molar-refractivity contribution in [3.05, 3.63) is 29.4 Å². The maximum absolute atomic E-state index is 6.03. The molecule has 7 heteroatoms. The van der Waals surface area contributed by atoms with Gasteiger partial charge in [-0.05, 0) is 24.6 Å². The van der Waals surface area contributed by atoms with E-state index in [-0.39, 0.29) is 6.79 Å². The van der Waals surface area contributed by atoms with E-state index < -0.39 is 0 Å². The molecule has 3 heterocycles. The molecule has 0 atom stereocenters. The molecule has 0 saturated heterocycles. The molecule has 106 valence electrons. The van der Waals surface area contributed by atoms with Gasteiger partial charge in [-0.2, -0.15) is 5.10 Å². The van der Waals surface area contributed by atoms with E-state index in [0.717, 1.165) is 38.2 Å². The first-order valence-electron chi connectivity index (χ1n) is 6.39. The molecule has 6 nitrogen and oxygen atoms in total. The van der Waals surface area contributed by atoms with Gasteiger partial charge in [-0.1, -0.05) is 6.07 Å². The summed E-state index contributed by atoms with van der Waals surface area (Å²) in [6.45, 7) is 2.22. The number of hydrogen-bond acceptors (Lipinski definition) is 6. The van der Waals surface area contributed by atoms with Gasteiger partial charge in [0.2, 0.25) is 6.79 Å². The van der Waals surface area contributed by atoms with Gasteiger partial charge >= 0.3 is 0 Å². The van der Waals surface area contributed by atoms with Crippen LogP contribution in [0.4, 0.5) is 5.82 Å². The van der Waals surface area contributed by atoms with E-state index in [2.05, 4.69) is 15.2 Å². The number of benzene rings is 1. The average Bonchev–Trinajstić information content (AvgIpc) is 3.17. The molecule has 0 unspecified atom stereocenters. The maximum Gasteiger partial charge on any atom is 0.231 e. The Morgan fingerprint density at radius 1 is 1.29 bits per heavy atom. The summed E-state index contributed by atoms with van der Waals surface area (Å²) < 4.78 is 10.8. The minimum absolute atomic E-state index is 0.251. The summed E-state index contributed by atoms with van der Waals surface area (Å²) in [5.74, 6) is 1.92. The van der Waals surface area contributed by atoms with Crippen LogP contribution in [0.2, 0.25) is 0 Å². The van der Waals surface area contributed by atoms with Crippen LogP contribution in [0, 0.1) is 6.92 Å².